The van der Waals surface area contributed by atoms with Crippen molar-refractivity contribution in [2.75, 3.05) is 21.3 Å². The predicted octanol–water partition coefficient (Wildman–Crippen LogP) is 7.29. The number of halogens is 2. The van der Waals surface area contributed by atoms with Crippen LogP contribution in [0.4, 0.5) is 0 Å². The summed E-state index contributed by atoms with van der Waals surface area (Å²) in [4.78, 5) is 41.4. The summed E-state index contributed by atoms with van der Waals surface area (Å²) in [6, 6.07) is 20.6. The highest BCUT2D eigenvalue weighted by Crippen LogP contribution is 2.42. The summed E-state index contributed by atoms with van der Waals surface area (Å²) < 4.78 is 28.4. The van der Waals surface area contributed by atoms with E-state index in [1.807, 2.05) is 30.3 Å². The van der Waals surface area contributed by atoms with Crippen LogP contribution in [0.1, 0.15) is 33.3 Å². The smallest absolute Gasteiger partial charge is 0.343 e. The number of nitrogens with one attached hydrogen (secondary N) is 2. The van der Waals surface area contributed by atoms with E-state index in [0.717, 1.165) is 5.56 Å². The number of hydrogen-bond acceptors (Lipinski definition) is 9. The summed E-state index contributed by atoms with van der Waals surface area (Å²) in [6.07, 6.45) is 1.35. The van der Waals surface area contributed by atoms with Crippen molar-refractivity contribution >= 4 is 66.8 Å². The lowest BCUT2D eigenvalue weighted by atomic mass is 10.0. The van der Waals surface area contributed by atoms with Crippen molar-refractivity contribution in [1.82, 2.24) is 10.4 Å². The van der Waals surface area contributed by atoms with E-state index < -0.39 is 17.8 Å². The van der Waals surface area contributed by atoms with E-state index in [1.54, 1.807) is 38.5 Å². The van der Waals surface area contributed by atoms with Crippen molar-refractivity contribution in [2.45, 2.75) is 6.92 Å². The number of H-pyrrole nitrogens is 1. The molecule has 0 bridgehead atoms. The van der Waals surface area contributed by atoms with Gasteiger partial charge in [-0.1, -0.05) is 46.3 Å². The first-order chi connectivity index (χ1) is 22.6. The molecule has 0 fully saturated rings. The molecule has 0 saturated heterocycles. The summed E-state index contributed by atoms with van der Waals surface area (Å²) in [5.74, 6) is -0.214. The fourth-order valence-corrected chi connectivity index (χ4v) is 6.18. The minimum atomic E-state index is -0.715. The third kappa shape index (κ3) is 7.16. The zero-order valence-electron chi connectivity index (χ0n) is 25.5. The zero-order valence-corrected chi connectivity index (χ0v) is 28.6. The molecule has 2 N–H and O–H groups in total. The number of carbonyl (C=O) groups is 3. The molecule has 1 amide bonds. The monoisotopic (exact) mass is 763 g/mol. The van der Waals surface area contributed by atoms with Gasteiger partial charge in [-0.25, -0.2) is 10.2 Å². The molecule has 0 spiro atoms. The van der Waals surface area contributed by atoms with E-state index in [0.29, 0.717) is 42.5 Å². The average Bonchev–Trinajstić information content (AvgIpc) is 3.47. The van der Waals surface area contributed by atoms with E-state index in [9.17, 15) is 14.4 Å². The minimum Gasteiger partial charge on any atom is -0.496 e. The van der Waals surface area contributed by atoms with Gasteiger partial charge >= 0.3 is 11.9 Å². The maximum atomic E-state index is 13.6. The number of rotatable bonds is 10. The molecule has 5 aromatic rings. The molecule has 240 valence electrons. The van der Waals surface area contributed by atoms with Gasteiger partial charge in [0.15, 0.2) is 17.2 Å². The number of fused-ring (bicyclic) bond motifs is 1. The lowest BCUT2D eigenvalue weighted by Gasteiger charge is -2.12. The summed E-state index contributed by atoms with van der Waals surface area (Å²) in [6.45, 7) is 1.26. The van der Waals surface area contributed by atoms with E-state index in [-0.39, 0.29) is 28.5 Å². The fraction of sp³-hybridized carbons (Fsp3) is 0.118. The maximum absolute atomic E-state index is 13.6. The summed E-state index contributed by atoms with van der Waals surface area (Å²) in [5.41, 5.74) is 5.29. The van der Waals surface area contributed by atoms with Gasteiger partial charge in [-0.3, -0.25) is 9.59 Å². The van der Waals surface area contributed by atoms with Gasteiger partial charge in [0, 0.05) is 22.5 Å². The molecule has 1 aromatic heterocycles. The molecule has 0 radical (unpaired) electrons. The quantitative estimate of drug-likeness (QED) is 0.0655. The van der Waals surface area contributed by atoms with Gasteiger partial charge in [0.2, 0.25) is 0 Å². The number of amides is 1. The Labute approximate surface area is 286 Å². The first-order valence-corrected chi connectivity index (χ1v) is 15.5. The van der Waals surface area contributed by atoms with Crippen LogP contribution in [0.2, 0.25) is 0 Å². The van der Waals surface area contributed by atoms with Crippen LogP contribution in [0.3, 0.4) is 0 Å². The fourth-order valence-electron chi connectivity index (χ4n) is 4.84. The number of methoxy groups -OCH3 is 3. The van der Waals surface area contributed by atoms with Gasteiger partial charge in [0.05, 0.1) is 48.5 Å². The Morgan fingerprint density at radius 1 is 0.809 bits per heavy atom. The van der Waals surface area contributed by atoms with Crippen molar-refractivity contribution in [3.05, 3.63) is 98.6 Å². The van der Waals surface area contributed by atoms with Crippen LogP contribution in [-0.4, -0.2) is 50.4 Å². The highest BCUT2D eigenvalue weighted by Gasteiger charge is 2.24. The molecule has 11 nitrogen and oxygen atoms in total. The summed E-state index contributed by atoms with van der Waals surface area (Å²) >= 11 is 6.88. The number of hydrazone groups is 1. The van der Waals surface area contributed by atoms with Gasteiger partial charge in [-0.05, 0) is 64.0 Å². The second-order valence-corrected chi connectivity index (χ2v) is 11.6. The lowest BCUT2D eigenvalue weighted by Crippen LogP contribution is -2.19. The Kier molecular flexibility index (Phi) is 10.3. The molecule has 0 unspecified atom stereocenters. The molecule has 5 rings (SSSR count). The van der Waals surface area contributed by atoms with Gasteiger partial charge in [0.1, 0.15) is 17.2 Å². The topological polar surface area (TPSA) is 138 Å². The molecular weight excluding hydrogens is 738 g/mol. The highest BCUT2D eigenvalue weighted by atomic mass is 79.9. The molecule has 0 atom stereocenters. The van der Waals surface area contributed by atoms with Crippen LogP contribution >= 0.6 is 31.9 Å². The Morgan fingerprint density at radius 3 is 2.17 bits per heavy atom. The predicted molar refractivity (Wildman–Crippen MR) is 183 cm³/mol. The van der Waals surface area contributed by atoms with Crippen LogP contribution in [0, 0.1) is 0 Å². The van der Waals surface area contributed by atoms with Gasteiger partial charge < -0.3 is 28.7 Å². The number of benzene rings is 4. The number of esters is 2. The molecule has 0 saturated carbocycles. The van der Waals surface area contributed by atoms with Crippen molar-refractivity contribution in [1.29, 1.82) is 0 Å². The molecule has 1 heterocycles. The van der Waals surface area contributed by atoms with Crippen LogP contribution in [-0.2, 0) is 4.79 Å². The Balaban J connectivity index is 1.46. The van der Waals surface area contributed by atoms with Crippen molar-refractivity contribution in [3.8, 4) is 39.9 Å². The van der Waals surface area contributed by atoms with E-state index in [1.165, 1.54) is 38.4 Å². The Hall–Kier alpha value is -5.14. The second kappa shape index (κ2) is 14.5. The summed E-state index contributed by atoms with van der Waals surface area (Å²) in [5, 5.41) is 4.86. The number of aromatic nitrogens is 1. The number of ether oxygens (including phenoxy) is 5. The van der Waals surface area contributed by atoms with Crippen molar-refractivity contribution < 1.29 is 38.1 Å². The third-order valence-electron chi connectivity index (χ3n) is 6.86. The second-order valence-electron chi connectivity index (χ2n) is 9.81. The van der Waals surface area contributed by atoms with Gasteiger partial charge in [-0.15, -0.1) is 0 Å². The van der Waals surface area contributed by atoms with Gasteiger partial charge in [-0.2, -0.15) is 5.10 Å². The minimum absolute atomic E-state index is 0.141. The first kappa shape index (κ1) is 33.2. The molecule has 0 aliphatic carbocycles. The molecule has 47 heavy (non-hydrogen) atoms. The normalized spacial score (nSPS) is 10.9. The molecule has 0 aliphatic rings. The molecular formula is C34H27Br2N3O8. The van der Waals surface area contributed by atoms with E-state index in [2.05, 4.69) is 47.4 Å². The van der Waals surface area contributed by atoms with Gasteiger partial charge in [0.25, 0.3) is 5.91 Å². The standard InChI is InChI=1S/C34H27Br2N3O8/c1-18(40)46-24-11-10-20(15-27(24)45-4)34(42)47-32-21(14-22(35)16-23(32)36)17-37-39-33(41)31-28(19-8-6-5-7-9-19)29-25(43-2)12-13-26(44-3)30(29)38-31/h5-17,38H,1-4H3,(H,39,41). The van der Waals surface area contributed by atoms with Crippen LogP contribution < -0.4 is 29.1 Å². The van der Waals surface area contributed by atoms with Crippen LogP contribution in [0.25, 0.3) is 22.0 Å². The molecule has 0 aliphatic heterocycles. The number of carbonyl (C=O) groups excluding carboxylic acids is 3. The Bertz CT molecular complexity index is 2030. The van der Waals surface area contributed by atoms with E-state index >= 15 is 0 Å². The Morgan fingerprint density at radius 2 is 1.49 bits per heavy atom. The number of nitrogens with zero attached hydrogens (tertiary/aromatic N) is 1. The van der Waals surface area contributed by atoms with Crippen molar-refractivity contribution in [2.24, 2.45) is 5.10 Å². The number of aromatic amines is 1. The zero-order chi connectivity index (χ0) is 33.7. The summed E-state index contributed by atoms with van der Waals surface area (Å²) in [7, 11) is 4.49. The number of hydrogen-bond donors (Lipinski definition) is 2. The first-order valence-electron chi connectivity index (χ1n) is 13.9. The maximum Gasteiger partial charge on any atom is 0.343 e. The van der Waals surface area contributed by atoms with E-state index in [4.69, 9.17) is 23.7 Å². The third-order valence-corrected chi connectivity index (χ3v) is 7.91. The van der Waals surface area contributed by atoms with Crippen LogP contribution in [0.5, 0.6) is 28.7 Å². The van der Waals surface area contributed by atoms with Crippen LogP contribution in [0.15, 0.2) is 86.8 Å². The average molecular weight is 765 g/mol. The van der Waals surface area contributed by atoms with Crippen molar-refractivity contribution in [3.63, 3.8) is 0 Å². The lowest BCUT2D eigenvalue weighted by molar-refractivity contribution is -0.132. The largest absolute Gasteiger partial charge is 0.496 e. The molecule has 4 aromatic carbocycles. The SMILES string of the molecule is COc1cc(C(=O)Oc2c(Br)cc(Br)cc2C=NNC(=O)c2[nH]c3c(OC)ccc(OC)c3c2-c2ccccc2)ccc1OC(C)=O. The molecule has 13 heteroatoms. The highest BCUT2D eigenvalue weighted by molar-refractivity contribution is 9.11.